The number of hydrogen-bond donors (Lipinski definition) is 2. The number of aromatic nitrogens is 2. The molecule has 1 aliphatic rings. The van der Waals surface area contributed by atoms with E-state index < -0.39 is 18.0 Å². The summed E-state index contributed by atoms with van der Waals surface area (Å²) in [6.45, 7) is 2.88. The molecule has 1 saturated heterocycles. The maximum absolute atomic E-state index is 12.8. The number of nitrogens with one attached hydrogen (secondary N) is 1. The minimum absolute atomic E-state index is 0.000940. The predicted octanol–water partition coefficient (Wildman–Crippen LogP) is -0.661. The zero-order chi connectivity index (χ0) is 17.7. The van der Waals surface area contributed by atoms with Gasteiger partial charge in [-0.15, -0.1) is 0 Å². The number of hydrogen-bond acceptors (Lipinski definition) is 5. The van der Waals surface area contributed by atoms with Gasteiger partial charge in [-0.25, -0.2) is 9.07 Å². The fourth-order valence-corrected chi connectivity index (χ4v) is 2.44. The van der Waals surface area contributed by atoms with Gasteiger partial charge in [0.05, 0.1) is 12.1 Å². The van der Waals surface area contributed by atoms with Crippen LogP contribution in [0.25, 0.3) is 0 Å². The van der Waals surface area contributed by atoms with Crippen molar-refractivity contribution in [1.29, 1.82) is 0 Å². The molecule has 0 radical (unpaired) electrons. The molecule has 0 spiro atoms. The summed E-state index contributed by atoms with van der Waals surface area (Å²) in [7, 11) is 0. The van der Waals surface area contributed by atoms with Crippen LogP contribution in [0.15, 0.2) is 10.9 Å². The molecule has 24 heavy (non-hydrogen) atoms. The van der Waals surface area contributed by atoms with Crippen molar-refractivity contribution < 1.29 is 19.1 Å². The van der Waals surface area contributed by atoms with Crippen molar-refractivity contribution >= 4 is 11.9 Å². The normalized spacial score (nSPS) is 15.1. The van der Waals surface area contributed by atoms with E-state index in [-0.39, 0.29) is 25.1 Å². The molecule has 2 rings (SSSR count). The highest BCUT2D eigenvalue weighted by molar-refractivity contribution is 5.76. The van der Waals surface area contributed by atoms with Gasteiger partial charge in [-0.05, 0) is 13.0 Å². The summed E-state index contributed by atoms with van der Waals surface area (Å²) in [5, 5.41) is 15.1. The number of halogens is 1. The monoisotopic (exact) mass is 340 g/mol. The lowest BCUT2D eigenvalue weighted by Crippen LogP contribution is -2.49. The molecular formula is C15H21FN4O4. The maximum Gasteiger partial charge on any atom is 0.305 e. The standard InChI is InChI=1S/C15H21FN4O4/c1-10-6-12(3-5-19-7-11(16)8-19)18-20(15(10)24)9-13(21)17-4-2-14(22)23/h6,11H,2-5,7-9H2,1H3,(H,17,21)(H,22,23). The van der Waals surface area contributed by atoms with Crippen LogP contribution in [0.1, 0.15) is 17.7 Å². The van der Waals surface area contributed by atoms with Gasteiger partial charge >= 0.3 is 5.97 Å². The Labute approximate surface area is 138 Å². The largest absolute Gasteiger partial charge is 0.481 e. The van der Waals surface area contributed by atoms with E-state index in [4.69, 9.17) is 5.11 Å². The second-order valence-electron chi connectivity index (χ2n) is 5.88. The smallest absolute Gasteiger partial charge is 0.305 e. The van der Waals surface area contributed by atoms with Crippen molar-refractivity contribution in [1.82, 2.24) is 20.0 Å². The number of carboxylic acid groups (broad SMARTS) is 1. The van der Waals surface area contributed by atoms with Crippen LogP contribution in [0.3, 0.4) is 0 Å². The average molecular weight is 340 g/mol. The lowest BCUT2D eigenvalue weighted by molar-refractivity contribution is -0.136. The predicted molar refractivity (Wildman–Crippen MR) is 83.5 cm³/mol. The van der Waals surface area contributed by atoms with Gasteiger partial charge in [0.25, 0.3) is 5.56 Å². The quantitative estimate of drug-likeness (QED) is 0.651. The van der Waals surface area contributed by atoms with E-state index >= 15 is 0 Å². The van der Waals surface area contributed by atoms with Crippen molar-refractivity contribution in [2.45, 2.75) is 32.5 Å². The Morgan fingerprint density at radius 1 is 1.46 bits per heavy atom. The van der Waals surface area contributed by atoms with Gasteiger partial charge in [-0.1, -0.05) is 0 Å². The highest BCUT2D eigenvalue weighted by Gasteiger charge is 2.25. The Kier molecular flexibility index (Phi) is 6.02. The van der Waals surface area contributed by atoms with Crippen LogP contribution in [0.4, 0.5) is 4.39 Å². The zero-order valence-corrected chi connectivity index (χ0v) is 13.5. The van der Waals surface area contributed by atoms with E-state index in [0.29, 0.717) is 37.3 Å². The summed E-state index contributed by atoms with van der Waals surface area (Å²) < 4.78 is 13.9. The van der Waals surface area contributed by atoms with Crippen molar-refractivity contribution in [2.75, 3.05) is 26.2 Å². The molecule has 9 heteroatoms. The first-order valence-corrected chi connectivity index (χ1v) is 7.77. The third-order valence-corrected chi connectivity index (χ3v) is 3.76. The van der Waals surface area contributed by atoms with Gasteiger partial charge in [-0.2, -0.15) is 5.10 Å². The SMILES string of the molecule is Cc1cc(CCN2CC(F)C2)nn(CC(=O)NCCC(=O)O)c1=O. The van der Waals surface area contributed by atoms with Gasteiger partial charge in [0.1, 0.15) is 12.7 Å². The number of rotatable bonds is 8. The first-order valence-electron chi connectivity index (χ1n) is 7.77. The highest BCUT2D eigenvalue weighted by Crippen LogP contribution is 2.11. The van der Waals surface area contributed by atoms with Crippen LogP contribution in [-0.2, 0) is 22.6 Å². The molecule has 0 atom stereocenters. The molecular weight excluding hydrogens is 319 g/mol. The van der Waals surface area contributed by atoms with Gasteiger partial charge in [0, 0.05) is 38.2 Å². The van der Waals surface area contributed by atoms with E-state index in [9.17, 15) is 18.8 Å². The fourth-order valence-electron chi connectivity index (χ4n) is 2.44. The minimum Gasteiger partial charge on any atom is -0.481 e. The van der Waals surface area contributed by atoms with Crippen molar-refractivity contribution in [3.63, 3.8) is 0 Å². The van der Waals surface area contributed by atoms with Crippen molar-refractivity contribution in [3.05, 3.63) is 27.7 Å². The molecule has 1 fully saturated rings. The molecule has 1 aromatic heterocycles. The second-order valence-corrected chi connectivity index (χ2v) is 5.88. The molecule has 2 N–H and O–H groups in total. The van der Waals surface area contributed by atoms with Gasteiger partial charge in [-0.3, -0.25) is 19.3 Å². The summed E-state index contributed by atoms with van der Waals surface area (Å²) in [6, 6.07) is 1.67. The maximum atomic E-state index is 12.8. The molecule has 0 aromatic carbocycles. The zero-order valence-electron chi connectivity index (χ0n) is 13.5. The summed E-state index contributed by atoms with van der Waals surface area (Å²) in [6.07, 6.45) is -0.379. The Hall–Kier alpha value is -2.29. The van der Waals surface area contributed by atoms with Gasteiger partial charge in [0.2, 0.25) is 5.91 Å². The molecule has 0 aliphatic carbocycles. The Morgan fingerprint density at radius 2 is 2.17 bits per heavy atom. The Morgan fingerprint density at radius 3 is 2.79 bits per heavy atom. The van der Waals surface area contributed by atoms with E-state index in [1.807, 2.05) is 4.90 Å². The highest BCUT2D eigenvalue weighted by atomic mass is 19.1. The molecule has 0 saturated carbocycles. The lowest BCUT2D eigenvalue weighted by Gasteiger charge is -2.34. The van der Waals surface area contributed by atoms with Gasteiger partial charge < -0.3 is 10.4 Å². The molecule has 2 heterocycles. The molecule has 132 valence electrons. The Bertz CT molecular complexity index is 670. The summed E-state index contributed by atoms with van der Waals surface area (Å²) in [4.78, 5) is 36.2. The molecule has 1 aliphatic heterocycles. The Balaban J connectivity index is 1.94. The van der Waals surface area contributed by atoms with Crippen LogP contribution in [0.2, 0.25) is 0 Å². The molecule has 8 nitrogen and oxygen atoms in total. The molecule has 1 aromatic rings. The summed E-state index contributed by atoms with van der Waals surface area (Å²) >= 11 is 0. The van der Waals surface area contributed by atoms with Crippen molar-refractivity contribution in [2.24, 2.45) is 0 Å². The molecule has 0 bridgehead atoms. The van der Waals surface area contributed by atoms with Gasteiger partial charge in [0.15, 0.2) is 0 Å². The van der Waals surface area contributed by atoms with E-state index in [1.165, 1.54) is 0 Å². The van der Waals surface area contributed by atoms with Crippen LogP contribution in [0.5, 0.6) is 0 Å². The number of alkyl halides is 1. The molecule has 0 unspecified atom stereocenters. The number of nitrogens with zero attached hydrogens (tertiary/aromatic N) is 3. The van der Waals surface area contributed by atoms with Crippen LogP contribution >= 0.6 is 0 Å². The number of carbonyl (C=O) groups is 2. The third kappa shape index (κ3) is 5.12. The van der Waals surface area contributed by atoms with Crippen LogP contribution in [0, 0.1) is 6.92 Å². The number of likely N-dealkylation sites (tertiary alicyclic amines) is 1. The number of aliphatic carboxylic acids is 1. The first-order chi connectivity index (χ1) is 11.3. The van der Waals surface area contributed by atoms with Crippen LogP contribution < -0.4 is 10.9 Å². The van der Waals surface area contributed by atoms with E-state index in [0.717, 1.165) is 4.68 Å². The number of carboxylic acids is 1. The topological polar surface area (TPSA) is 105 Å². The number of amides is 1. The number of aryl methyl sites for hydroxylation is 1. The second kappa shape index (κ2) is 8.00. The average Bonchev–Trinajstić information content (AvgIpc) is 2.47. The summed E-state index contributed by atoms with van der Waals surface area (Å²) in [5.41, 5.74) is 0.776. The summed E-state index contributed by atoms with van der Waals surface area (Å²) in [5.74, 6) is -1.48. The fraction of sp³-hybridized carbons (Fsp3) is 0.600. The lowest BCUT2D eigenvalue weighted by atomic mass is 10.1. The third-order valence-electron chi connectivity index (χ3n) is 3.76. The molecule has 1 amide bonds. The number of carbonyl (C=O) groups excluding carboxylic acids is 1. The van der Waals surface area contributed by atoms with E-state index in [1.54, 1.807) is 13.0 Å². The minimum atomic E-state index is -1.01. The van der Waals surface area contributed by atoms with Crippen molar-refractivity contribution in [3.8, 4) is 0 Å². The van der Waals surface area contributed by atoms with Crippen LogP contribution in [-0.4, -0.2) is 64.0 Å². The first kappa shape index (κ1) is 18.1. The van der Waals surface area contributed by atoms with E-state index in [2.05, 4.69) is 10.4 Å².